The molecule has 2 atom stereocenters. The first-order chi connectivity index (χ1) is 5.34. The molecule has 3 N–H and O–H groups in total. The van der Waals surface area contributed by atoms with Crippen LogP contribution in [0.3, 0.4) is 0 Å². The Morgan fingerprint density at radius 1 is 1.50 bits per heavy atom. The van der Waals surface area contributed by atoms with E-state index in [2.05, 4.69) is 0 Å². The maximum Gasteiger partial charge on any atom is 0.277 e. The van der Waals surface area contributed by atoms with E-state index < -0.39 is 33.9 Å². The largest absolute Gasteiger partial charge is 0.371 e. The van der Waals surface area contributed by atoms with E-state index in [4.69, 9.17) is 14.9 Å². The van der Waals surface area contributed by atoms with Gasteiger partial charge in [0.25, 0.3) is 16.0 Å². The van der Waals surface area contributed by atoms with Crippen molar-refractivity contribution in [3.63, 3.8) is 0 Å². The molecule has 1 aliphatic heterocycles. The Morgan fingerprint density at radius 3 is 2.17 bits per heavy atom. The van der Waals surface area contributed by atoms with E-state index in [9.17, 15) is 13.2 Å². The number of nitrogens with zero attached hydrogens (tertiary/aromatic N) is 1. The summed E-state index contributed by atoms with van der Waals surface area (Å²) in [5, 5.41) is 15.6. The fourth-order valence-corrected chi connectivity index (χ4v) is 1.71. The van der Waals surface area contributed by atoms with Gasteiger partial charge in [0.15, 0.2) is 11.5 Å². The van der Waals surface area contributed by atoms with Crippen molar-refractivity contribution in [1.82, 2.24) is 5.06 Å². The van der Waals surface area contributed by atoms with Crippen LogP contribution in [0.4, 0.5) is 0 Å². The molecule has 12 heavy (non-hydrogen) atoms. The minimum atomic E-state index is -4.53. The van der Waals surface area contributed by atoms with Crippen molar-refractivity contribution in [2.75, 3.05) is 0 Å². The van der Waals surface area contributed by atoms with Crippen molar-refractivity contribution >= 4 is 16.0 Å². The smallest absolute Gasteiger partial charge is 0.277 e. The number of hydrogen-bond donors (Lipinski definition) is 3. The zero-order chi connectivity index (χ0) is 9.52. The van der Waals surface area contributed by atoms with Gasteiger partial charge in [-0.25, -0.2) is 0 Å². The molecule has 0 saturated carbocycles. The van der Waals surface area contributed by atoms with Crippen LogP contribution in [0.1, 0.15) is 6.42 Å². The van der Waals surface area contributed by atoms with Gasteiger partial charge in [-0.2, -0.15) is 13.5 Å². The van der Waals surface area contributed by atoms with Gasteiger partial charge in [0.2, 0.25) is 0 Å². The minimum Gasteiger partial charge on any atom is -0.371 e. The quantitative estimate of drug-likeness (QED) is 0.337. The fourth-order valence-electron chi connectivity index (χ4n) is 0.936. The van der Waals surface area contributed by atoms with Crippen molar-refractivity contribution in [3.05, 3.63) is 0 Å². The number of hydrogen-bond acceptors (Lipinski definition) is 5. The summed E-state index contributed by atoms with van der Waals surface area (Å²) in [6.45, 7) is 0. The Morgan fingerprint density at radius 2 is 2.00 bits per heavy atom. The third-order valence-corrected chi connectivity index (χ3v) is 2.68. The molecule has 1 rings (SSSR count). The van der Waals surface area contributed by atoms with Gasteiger partial charge in [0.1, 0.15) is 0 Å². The standard InChI is InChI=1S/C4H7NO6S/c6-3-1-2(12(9,10)11)4(7)5(3)8/h2-3,6,8H,1H2,(H,9,10,11). The maximum atomic E-state index is 10.7. The lowest BCUT2D eigenvalue weighted by atomic mass is 10.3. The van der Waals surface area contributed by atoms with E-state index in [0.717, 1.165) is 0 Å². The van der Waals surface area contributed by atoms with E-state index in [0.29, 0.717) is 0 Å². The number of carbonyl (C=O) groups is 1. The zero-order valence-corrected chi connectivity index (χ0v) is 6.60. The Balaban J connectivity index is 2.93. The summed E-state index contributed by atoms with van der Waals surface area (Å²) < 4.78 is 29.3. The lowest BCUT2D eigenvalue weighted by molar-refractivity contribution is -0.189. The lowest BCUT2D eigenvalue weighted by Crippen LogP contribution is -2.33. The second-order valence-electron chi connectivity index (χ2n) is 2.40. The lowest BCUT2D eigenvalue weighted by Gasteiger charge is -2.09. The Labute approximate surface area is 67.9 Å². The molecule has 0 radical (unpaired) electrons. The first-order valence-electron chi connectivity index (χ1n) is 3.00. The van der Waals surface area contributed by atoms with E-state index in [1.807, 2.05) is 0 Å². The normalized spacial score (nSPS) is 31.2. The molecule has 0 aromatic heterocycles. The number of amides is 1. The van der Waals surface area contributed by atoms with Crippen LogP contribution in [0.2, 0.25) is 0 Å². The number of hydroxylamine groups is 2. The average molecular weight is 197 g/mol. The summed E-state index contributed by atoms with van der Waals surface area (Å²) in [5.41, 5.74) is 0. The highest BCUT2D eigenvalue weighted by atomic mass is 32.2. The van der Waals surface area contributed by atoms with E-state index in [1.54, 1.807) is 0 Å². The molecule has 7 nitrogen and oxygen atoms in total. The molecule has 0 spiro atoms. The van der Waals surface area contributed by atoms with Gasteiger partial charge in [0, 0.05) is 6.42 Å². The first kappa shape index (κ1) is 9.39. The predicted octanol–water partition coefficient (Wildman–Crippen LogP) is -1.82. The molecule has 1 fully saturated rings. The summed E-state index contributed by atoms with van der Waals surface area (Å²) in [6.07, 6.45) is -2.09. The highest BCUT2D eigenvalue weighted by Gasteiger charge is 2.45. The monoisotopic (exact) mass is 197 g/mol. The molecule has 0 aromatic rings. The molecule has 1 heterocycles. The number of aliphatic hydroxyl groups is 1. The van der Waals surface area contributed by atoms with Gasteiger partial charge in [-0.1, -0.05) is 0 Å². The Hall–Kier alpha value is -0.700. The van der Waals surface area contributed by atoms with Crippen LogP contribution in [0.15, 0.2) is 0 Å². The Kier molecular flexibility index (Phi) is 2.08. The molecular formula is C4H7NO6S. The second-order valence-corrected chi connectivity index (χ2v) is 4.00. The zero-order valence-electron chi connectivity index (χ0n) is 5.78. The molecule has 70 valence electrons. The topological polar surface area (TPSA) is 115 Å². The van der Waals surface area contributed by atoms with Gasteiger partial charge in [0.05, 0.1) is 0 Å². The number of aliphatic hydroxyl groups excluding tert-OH is 1. The van der Waals surface area contributed by atoms with Gasteiger partial charge in [-0.05, 0) is 0 Å². The molecule has 2 unspecified atom stereocenters. The van der Waals surface area contributed by atoms with Crippen LogP contribution in [0.25, 0.3) is 0 Å². The summed E-state index contributed by atoms with van der Waals surface area (Å²) >= 11 is 0. The molecule has 8 heteroatoms. The van der Waals surface area contributed by atoms with Gasteiger partial charge in [-0.15, -0.1) is 0 Å². The maximum absolute atomic E-state index is 10.7. The molecular weight excluding hydrogens is 190 g/mol. The summed E-state index contributed by atoms with van der Waals surface area (Å²) in [5.74, 6) is -1.22. The Bertz CT molecular complexity index is 297. The number of carbonyl (C=O) groups excluding carboxylic acids is 1. The fraction of sp³-hybridized carbons (Fsp3) is 0.750. The van der Waals surface area contributed by atoms with Crippen molar-refractivity contribution in [2.24, 2.45) is 0 Å². The van der Waals surface area contributed by atoms with Gasteiger partial charge < -0.3 is 5.11 Å². The van der Waals surface area contributed by atoms with Crippen LogP contribution in [-0.2, 0) is 14.9 Å². The summed E-state index contributed by atoms with van der Waals surface area (Å²) in [4.78, 5) is 10.7. The molecule has 0 aromatic carbocycles. The molecule has 0 aliphatic carbocycles. The molecule has 1 amide bonds. The van der Waals surface area contributed by atoms with Crippen LogP contribution < -0.4 is 0 Å². The van der Waals surface area contributed by atoms with Gasteiger partial charge in [-0.3, -0.25) is 14.6 Å². The van der Waals surface area contributed by atoms with E-state index in [-0.39, 0.29) is 5.06 Å². The van der Waals surface area contributed by atoms with Crippen LogP contribution in [-0.4, -0.2) is 45.7 Å². The second kappa shape index (κ2) is 2.66. The SMILES string of the molecule is O=C1C(S(=O)(=O)O)CC(O)N1O. The average Bonchev–Trinajstić information content (AvgIpc) is 2.15. The molecule has 1 aliphatic rings. The summed E-state index contributed by atoms with van der Waals surface area (Å²) in [6, 6.07) is 0. The molecule has 1 saturated heterocycles. The van der Waals surface area contributed by atoms with Crippen LogP contribution in [0.5, 0.6) is 0 Å². The van der Waals surface area contributed by atoms with Crippen LogP contribution in [0, 0.1) is 0 Å². The van der Waals surface area contributed by atoms with Crippen LogP contribution >= 0.6 is 0 Å². The van der Waals surface area contributed by atoms with Crippen molar-refractivity contribution < 1.29 is 28.1 Å². The molecule has 0 bridgehead atoms. The van der Waals surface area contributed by atoms with Crippen molar-refractivity contribution in [2.45, 2.75) is 17.9 Å². The highest BCUT2D eigenvalue weighted by Crippen LogP contribution is 2.20. The van der Waals surface area contributed by atoms with Gasteiger partial charge >= 0.3 is 0 Å². The number of rotatable bonds is 1. The third-order valence-electron chi connectivity index (χ3n) is 1.57. The highest BCUT2D eigenvalue weighted by molar-refractivity contribution is 7.87. The van der Waals surface area contributed by atoms with E-state index in [1.165, 1.54) is 0 Å². The summed E-state index contributed by atoms with van der Waals surface area (Å²) in [7, 11) is -4.53. The predicted molar refractivity (Wildman–Crippen MR) is 34.6 cm³/mol. The first-order valence-corrected chi connectivity index (χ1v) is 4.50. The van der Waals surface area contributed by atoms with Crippen molar-refractivity contribution in [1.29, 1.82) is 0 Å². The minimum absolute atomic E-state index is 0.113. The van der Waals surface area contributed by atoms with Crippen molar-refractivity contribution in [3.8, 4) is 0 Å². The van der Waals surface area contributed by atoms with E-state index >= 15 is 0 Å². The third kappa shape index (κ3) is 1.41.